The van der Waals surface area contributed by atoms with Crippen LogP contribution >= 0.6 is 0 Å². The Hall–Kier alpha value is -3.02. The summed E-state index contributed by atoms with van der Waals surface area (Å²) in [5.41, 5.74) is 2.16. The van der Waals surface area contributed by atoms with Crippen LogP contribution in [0.15, 0.2) is 48.5 Å². The van der Waals surface area contributed by atoms with E-state index in [9.17, 15) is 9.59 Å². The molecule has 2 aromatic rings. The minimum absolute atomic E-state index is 0.0145. The molecule has 1 aliphatic rings. The van der Waals surface area contributed by atoms with Crippen LogP contribution in [0.1, 0.15) is 44.7 Å². The molecule has 6 nitrogen and oxygen atoms in total. The lowest BCUT2D eigenvalue weighted by Gasteiger charge is -2.31. The summed E-state index contributed by atoms with van der Waals surface area (Å²) in [6.45, 7) is 6.55. The molecular formula is C25H32N2O4. The molecule has 166 valence electrons. The maximum atomic E-state index is 13.3. The molecule has 1 heterocycles. The van der Waals surface area contributed by atoms with E-state index in [2.05, 4.69) is 5.32 Å². The Morgan fingerprint density at radius 2 is 1.74 bits per heavy atom. The molecule has 1 N–H and O–H groups in total. The number of fused-ring (bicyclic) bond motifs is 1. The fourth-order valence-electron chi connectivity index (χ4n) is 3.77. The number of hydrogen-bond donors (Lipinski definition) is 1. The average Bonchev–Trinajstić information content (AvgIpc) is 3.23. The first-order chi connectivity index (χ1) is 15.0. The molecule has 0 aliphatic carbocycles. The number of nitrogens with one attached hydrogen (secondary N) is 1. The molecule has 0 unspecified atom stereocenters. The summed E-state index contributed by atoms with van der Waals surface area (Å²) in [5, 5.41) is 2.97. The Morgan fingerprint density at radius 3 is 2.45 bits per heavy atom. The highest BCUT2D eigenvalue weighted by Gasteiger charge is 2.28. The van der Waals surface area contributed by atoms with E-state index < -0.39 is 6.04 Å². The van der Waals surface area contributed by atoms with Crippen molar-refractivity contribution in [2.24, 2.45) is 0 Å². The topological polar surface area (TPSA) is 67.9 Å². The van der Waals surface area contributed by atoms with Crippen LogP contribution in [-0.4, -0.2) is 42.1 Å². The molecule has 6 heteroatoms. The summed E-state index contributed by atoms with van der Waals surface area (Å²) < 4.78 is 10.8. The summed E-state index contributed by atoms with van der Waals surface area (Å²) >= 11 is 0. The van der Waals surface area contributed by atoms with Crippen molar-refractivity contribution in [2.45, 2.75) is 58.5 Å². The van der Waals surface area contributed by atoms with Gasteiger partial charge in [-0.25, -0.2) is 0 Å². The minimum atomic E-state index is -0.477. The minimum Gasteiger partial charge on any atom is -0.454 e. The first-order valence-electron chi connectivity index (χ1n) is 11.0. The molecule has 1 aliphatic heterocycles. The molecule has 0 aromatic heterocycles. The number of rotatable bonds is 10. The third kappa shape index (κ3) is 6.23. The smallest absolute Gasteiger partial charge is 0.242 e. The first-order valence-corrected chi connectivity index (χ1v) is 11.0. The van der Waals surface area contributed by atoms with Gasteiger partial charge >= 0.3 is 0 Å². The number of carbonyl (C=O) groups is 2. The average molecular weight is 425 g/mol. The SMILES string of the molecule is CC[C@@H](C(=O)NC(C)C)N(CCc1ccccc1)C(=O)CCc1ccc2c(c1)OCO2. The van der Waals surface area contributed by atoms with Gasteiger partial charge in [-0.05, 0) is 56.4 Å². The van der Waals surface area contributed by atoms with Crippen LogP contribution in [0.4, 0.5) is 0 Å². The normalized spacial score (nSPS) is 13.2. The highest BCUT2D eigenvalue weighted by molar-refractivity contribution is 5.87. The highest BCUT2D eigenvalue weighted by Crippen LogP contribution is 2.32. The maximum Gasteiger partial charge on any atom is 0.242 e. The molecule has 0 fully saturated rings. The quantitative estimate of drug-likeness (QED) is 0.631. The predicted molar refractivity (Wildman–Crippen MR) is 120 cm³/mol. The van der Waals surface area contributed by atoms with Gasteiger partial charge < -0.3 is 19.7 Å². The fourth-order valence-corrected chi connectivity index (χ4v) is 3.77. The zero-order chi connectivity index (χ0) is 22.2. The summed E-state index contributed by atoms with van der Waals surface area (Å²) in [5.74, 6) is 1.34. The van der Waals surface area contributed by atoms with E-state index in [4.69, 9.17) is 9.47 Å². The number of nitrogens with zero attached hydrogens (tertiary/aromatic N) is 1. The maximum absolute atomic E-state index is 13.3. The Morgan fingerprint density at radius 1 is 1.00 bits per heavy atom. The lowest BCUT2D eigenvalue weighted by atomic mass is 10.1. The second-order valence-electron chi connectivity index (χ2n) is 8.10. The van der Waals surface area contributed by atoms with E-state index in [0.717, 1.165) is 16.9 Å². The second kappa shape index (κ2) is 10.8. The number of carbonyl (C=O) groups excluding carboxylic acids is 2. The van der Waals surface area contributed by atoms with Crippen molar-refractivity contribution >= 4 is 11.8 Å². The molecule has 0 saturated heterocycles. The number of benzene rings is 2. The van der Waals surface area contributed by atoms with Gasteiger partial charge in [0, 0.05) is 19.0 Å². The van der Waals surface area contributed by atoms with Crippen LogP contribution in [0.25, 0.3) is 0 Å². The van der Waals surface area contributed by atoms with E-state index in [-0.39, 0.29) is 24.6 Å². The Balaban J connectivity index is 1.70. The third-order valence-corrected chi connectivity index (χ3v) is 5.37. The molecule has 0 radical (unpaired) electrons. The molecule has 0 spiro atoms. The zero-order valence-corrected chi connectivity index (χ0v) is 18.6. The molecule has 2 amide bonds. The van der Waals surface area contributed by atoms with E-state index in [1.165, 1.54) is 0 Å². The summed E-state index contributed by atoms with van der Waals surface area (Å²) in [4.78, 5) is 27.8. The first kappa shape index (κ1) is 22.7. The molecule has 2 aromatic carbocycles. The van der Waals surface area contributed by atoms with Crippen molar-refractivity contribution in [3.8, 4) is 11.5 Å². The van der Waals surface area contributed by atoms with Gasteiger partial charge in [0.2, 0.25) is 18.6 Å². The molecule has 1 atom stereocenters. The van der Waals surface area contributed by atoms with Crippen LogP contribution in [-0.2, 0) is 22.4 Å². The van der Waals surface area contributed by atoms with E-state index in [1.54, 1.807) is 4.90 Å². The Kier molecular flexibility index (Phi) is 7.93. The van der Waals surface area contributed by atoms with E-state index >= 15 is 0 Å². The van der Waals surface area contributed by atoms with E-state index in [0.29, 0.717) is 38.0 Å². The predicted octanol–water partition coefficient (Wildman–Crippen LogP) is 3.72. The van der Waals surface area contributed by atoms with Crippen LogP contribution < -0.4 is 14.8 Å². The molecule has 31 heavy (non-hydrogen) atoms. The van der Waals surface area contributed by atoms with Gasteiger partial charge in [-0.1, -0.05) is 43.3 Å². The number of amides is 2. The highest BCUT2D eigenvalue weighted by atomic mass is 16.7. The standard InChI is InChI=1S/C25H32N2O4/c1-4-21(25(29)26-18(2)3)27(15-14-19-8-6-5-7-9-19)24(28)13-11-20-10-12-22-23(16-20)31-17-30-22/h5-10,12,16,18,21H,4,11,13-15,17H2,1-3H3,(H,26,29)/t21-/m0/s1. The largest absolute Gasteiger partial charge is 0.454 e. The molecule has 0 saturated carbocycles. The van der Waals surface area contributed by atoms with Gasteiger partial charge in [-0.2, -0.15) is 0 Å². The number of aryl methyl sites for hydroxylation is 1. The Labute approximate surface area is 184 Å². The Bertz CT molecular complexity index is 882. The number of ether oxygens (including phenoxy) is 2. The van der Waals surface area contributed by atoms with Crippen molar-refractivity contribution in [1.29, 1.82) is 0 Å². The van der Waals surface area contributed by atoms with Crippen molar-refractivity contribution < 1.29 is 19.1 Å². The lowest BCUT2D eigenvalue weighted by Crippen LogP contribution is -2.51. The van der Waals surface area contributed by atoms with Crippen LogP contribution in [0.5, 0.6) is 11.5 Å². The summed E-state index contributed by atoms with van der Waals surface area (Å²) in [7, 11) is 0. The van der Waals surface area contributed by atoms with Gasteiger partial charge in [-0.15, -0.1) is 0 Å². The van der Waals surface area contributed by atoms with Gasteiger partial charge in [0.1, 0.15) is 6.04 Å². The van der Waals surface area contributed by atoms with Crippen molar-refractivity contribution in [1.82, 2.24) is 10.2 Å². The van der Waals surface area contributed by atoms with Gasteiger partial charge in [0.25, 0.3) is 0 Å². The van der Waals surface area contributed by atoms with Crippen LogP contribution in [0.3, 0.4) is 0 Å². The van der Waals surface area contributed by atoms with Crippen LogP contribution in [0.2, 0.25) is 0 Å². The lowest BCUT2D eigenvalue weighted by molar-refractivity contribution is -0.140. The van der Waals surface area contributed by atoms with Crippen molar-refractivity contribution in [2.75, 3.05) is 13.3 Å². The summed E-state index contributed by atoms with van der Waals surface area (Å²) in [6.07, 6.45) is 2.20. The van der Waals surface area contributed by atoms with Crippen molar-refractivity contribution in [3.63, 3.8) is 0 Å². The third-order valence-electron chi connectivity index (χ3n) is 5.37. The van der Waals surface area contributed by atoms with Crippen molar-refractivity contribution in [3.05, 3.63) is 59.7 Å². The fraction of sp³-hybridized carbons (Fsp3) is 0.440. The van der Waals surface area contributed by atoms with Crippen LogP contribution in [0, 0.1) is 0 Å². The van der Waals surface area contributed by atoms with Gasteiger partial charge in [0.15, 0.2) is 11.5 Å². The number of hydrogen-bond acceptors (Lipinski definition) is 4. The van der Waals surface area contributed by atoms with E-state index in [1.807, 2.05) is 69.3 Å². The molecule has 0 bridgehead atoms. The summed E-state index contributed by atoms with van der Waals surface area (Å²) in [6, 6.07) is 15.4. The van der Waals surface area contributed by atoms with Gasteiger partial charge in [0.05, 0.1) is 0 Å². The van der Waals surface area contributed by atoms with Gasteiger partial charge in [-0.3, -0.25) is 9.59 Å². The zero-order valence-electron chi connectivity index (χ0n) is 18.6. The molecule has 3 rings (SSSR count). The monoisotopic (exact) mass is 424 g/mol. The molecular weight excluding hydrogens is 392 g/mol. The second-order valence-corrected chi connectivity index (χ2v) is 8.10.